The molecular formula is C15H21ClFN3O4. The number of hydrogen-bond acceptors (Lipinski definition) is 5. The first-order valence-corrected chi connectivity index (χ1v) is 6.97. The fourth-order valence-electron chi connectivity index (χ4n) is 1.65. The average Bonchev–Trinajstić information content (AvgIpc) is 2.52. The average molecular weight is 362 g/mol. The number of nitrogens with two attached hydrogens (primary N) is 1. The smallest absolute Gasteiger partial charge is 0.337 e. The summed E-state index contributed by atoms with van der Waals surface area (Å²) in [5.74, 6) is -2.56. The highest BCUT2D eigenvalue weighted by molar-refractivity contribution is 5.97. The molecule has 0 aliphatic rings. The minimum absolute atomic E-state index is 0. The zero-order valence-electron chi connectivity index (χ0n) is 13.6. The second-order valence-electron chi connectivity index (χ2n) is 5.22. The fourth-order valence-corrected chi connectivity index (χ4v) is 1.65. The van der Waals surface area contributed by atoms with Crippen LogP contribution in [0.15, 0.2) is 18.2 Å². The van der Waals surface area contributed by atoms with Crippen LogP contribution in [0.4, 0.5) is 10.1 Å². The Morgan fingerprint density at radius 3 is 2.46 bits per heavy atom. The summed E-state index contributed by atoms with van der Waals surface area (Å²) >= 11 is 0. The van der Waals surface area contributed by atoms with E-state index in [0.717, 1.165) is 12.1 Å². The Hall–Kier alpha value is -2.19. The topological polar surface area (TPSA) is 111 Å². The molecule has 0 heterocycles. The number of nitrogens with one attached hydrogen (secondary N) is 2. The van der Waals surface area contributed by atoms with E-state index in [1.807, 2.05) is 0 Å². The number of carbonyl (C=O) groups is 3. The lowest BCUT2D eigenvalue weighted by Gasteiger charge is -2.15. The fraction of sp³-hybridized carbons (Fsp3) is 0.400. The second kappa shape index (κ2) is 9.84. The van der Waals surface area contributed by atoms with E-state index in [0.29, 0.717) is 0 Å². The first kappa shape index (κ1) is 21.8. The number of carbonyl (C=O) groups excluding carboxylic acids is 3. The molecule has 4 N–H and O–H groups in total. The van der Waals surface area contributed by atoms with E-state index in [4.69, 9.17) is 5.73 Å². The van der Waals surface area contributed by atoms with Crippen molar-refractivity contribution in [2.24, 2.45) is 11.7 Å². The van der Waals surface area contributed by atoms with Gasteiger partial charge in [-0.15, -0.1) is 12.4 Å². The Balaban J connectivity index is 0.00000529. The molecule has 0 aliphatic heterocycles. The van der Waals surface area contributed by atoms with Gasteiger partial charge in [-0.2, -0.15) is 0 Å². The predicted molar refractivity (Wildman–Crippen MR) is 89.4 cm³/mol. The van der Waals surface area contributed by atoms with Gasteiger partial charge in [0.25, 0.3) is 0 Å². The van der Waals surface area contributed by atoms with E-state index in [1.54, 1.807) is 13.8 Å². The molecule has 0 aliphatic carbocycles. The number of amides is 2. The number of methoxy groups -OCH3 is 1. The molecule has 0 radical (unpaired) electrons. The maximum absolute atomic E-state index is 13.7. The second-order valence-corrected chi connectivity index (χ2v) is 5.22. The highest BCUT2D eigenvalue weighted by Crippen LogP contribution is 2.16. The van der Waals surface area contributed by atoms with Gasteiger partial charge in [0.1, 0.15) is 5.82 Å². The molecule has 0 aromatic heterocycles. The molecule has 0 saturated heterocycles. The van der Waals surface area contributed by atoms with Gasteiger partial charge in [-0.1, -0.05) is 13.8 Å². The van der Waals surface area contributed by atoms with Crippen LogP contribution in [0.25, 0.3) is 0 Å². The van der Waals surface area contributed by atoms with Crippen molar-refractivity contribution in [2.45, 2.75) is 19.9 Å². The van der Waals surface area contributed by atoms with Crippen LogP contribution in [0.5, 0.6) is 0 Å². The molecule has 0 saturated carbocycles. The minimum atomic E-state index is -0.734. The van der Waals surface area contributed by atoms with Crippen LogP contribution in [0.2, 0.25) is 0 Å². The largest absolute Gasteiger partial charge is 0.465 e. The summed E-state index contributed by atoms with van der Waals surface area (Å²) in [5.41, 5.74) is 5.55. The molecule has 134 valence electrons. The van der Waals surface area contributed by atoms with Gasteiger partial charge in [-0.05, 0) is 24.1 Å². The van der Waals surface area contributed by atoms with E-state index in [-0.39, 0.29) is 36.1 Å². The number of anilines is 1. The lowest BCUT2D eigenvalue weighted by Crippen LogP contribution is -2.46. The Kier molecular flexibility index (Phi) is 8.94. The molecule has 9 heteroatoms. The molecule has 2 amide bonds. The number of halogens is 2. The molecular weight excluding hydrogens is 341 g/mol. The Labute approximate surface area is 145 Å². The molecule has 1 rings (SSSR count). The lowest BCUT2D eigenvalue weighted by molar-refractivity contribution is -0.125. The maximum Gasteiger partial charge on any atom is 0.337 e. The van der Waals surface area contributed by atoms with Crippen molar-refractivity contribution in [3.63, 3.8) is 0 Å². The van der Waals surface area contributed by atoms with E-state index in [9.17, 15) is 18.8 Å². The molecule has 1 atom stereocenters. The number of benzene rings is 1. The van der Waals surface area contributed by atoms with Gasteiger partial charge in [-0.25, -0.2) is 9.18 Å². The minimum Gasteiger partial charge on any atom is -0.465 e. The summed E-state index contributed by atoms with van der Waals surface area (Å²) < 4.78 is 18.2. The van der Waals surface area contributed by atoms with Crippen molar-refractivity contribution in [1.82, 2.24) is 5.32 Å². The van der Waals surface area contributed by atoms with Gasteiger partial charge < -0.3 is 21.1 Å². The summed E-state index contributed by atoms with van der Waals surface area (Å²) in [7, 11) is 1.19. The normalized spacial score (nSPS) is 11.2. The van der Waals surface area contributed by atoms with Gasteiger partial charge in [0.05, 0.1) is 30.9 Å². The first-order valence-electron chi connectivity index (χ1n) is 6.97. The van der Waals surface area contributed by atoms with Crippen molar-refractivity contribution < 1.29 is 23.5 Å². The SMILES string of the molecule is COC(=O)c1ccc(F)c(NC(=O)CNC(=O)[C@@H](N)C(C)C)c1.Cl. The van der Waals surface area contributed by atoms with Gasteiger partial charge in [0, 0.05) is 0 Å². The van der Waals surface area contributed by atoms with E-state index in [1.165, 1.54) is 13.2 Å². The van der Waals surface area contributed by atoms with E-state index >= 15 is 0 Å². The van der Waals surface area contributed by atoms with Crippen molar-refractivity contribution >= 4 is 35.9 Å². The number of rotatable bonds is 6. The molecule has 0 unspecified atom stereocenters. The van der Waals surface area contributed by atoms with Crippen molar-refractivity contribution in [3.8, 4) is 0 Å². The molecule has 1 aromatic carbocycles. The third-order valence-electron chi connectivity index (χ3n) is 3.11. The van der Waals surface area contributed by atoms with Crippen LogP contribution in [-0.2, 0) is 14.3 Å². The summed E-state index contributed by atoms with van der Waals surface area (Å²) in [4.78, 5) is 34.8. The van der Waals surface area contributed by atoms with Gasteiger partial charge in [0.2, 0.25) is 11.8 Å². The Morgan fingerprint density at radius 1 is 1.29 bits per heavy atom. The maximum atomic E-state index is 13.7. The lowest BCUT2D eigenvalue weighted by atomic mass is 10.1. The molecule has 1 aromatic rings. The Morgan fingerprint density at radius 2 is 1.92 bits per heavy atom. The zero-order chi connectivity index (χ0) is 17.6. The molecule has 7 nitrogen and oxygen atoms in total. The highest BCUT2D eigenvalue weighted by atomic mass is 35.5. The van der Waals surface area contributed by atoms with E-state index in [2.05, 4.69) is 15.4 Å². The summed E-state index contributed by atoms with van der Waals surface area (Å²) in [6.07, 6.45) is 0. The Bertz CT molecular complexity index is 610. The van der Waals surface area contributed by atoms with Gasteiger partial charge in [-0.3, -0.25) is 9.59 Å². The number of hydrogen-bond donors (Lipinski definition) is 3. The summed E-state index contributed by atoms with van der Waals surface area (Å²) in [6.45, 7) is 3.19. The number of ether oxygens (including phenoxy) is 1. The molecule has 0 fully saturated rings. The van der Waals surface area contributed by atoms with Crippen LogP contribution < -0.4 is 16.4 Å². The third-order valence-corrected chi connectivity index (χ3v) is 3.11. The van der Waals surface area contributed by atoms with Crippen LogP contribution in [-0.4, -0.2) is 37.5 Å². The summed E-state index contributed by atoms with van der Waals surface area (Å²) in [5, 5.41) is 4.64. The molecule has 0 bridgehead atoms. The predicted octanol–water partition coefficient (Wildman–Crippen LogP) is 1.07. The quantitative estimate of drug-likeness (QED) is 0.656. The molecule has 0 spiro atoms. The van der Waals surface area contributed by atoms with Crippen molar-refractivity contribution in [3.05, 3.63) is 29.6 Å². The van der Waals surface area contributed by atoms with Crippen LogP contribution in [0, 0.1) is 11.7 Å². The monoisotopic (exact) mass is 361 g/mol. The van der Waals surface area contributed by atoms with Crippen molar-refractivity contribution in [2.75, 3.05) is 19.0 Å². The zero-order valence-corrected chi connectivity index (χ0v) is 14.4. The third kappa shape index (κ3) is 6.13. The standard InChI is InChI=1S/C15H20FN3O4.ClH/c1-8(2)13(17)14(21)18-7-12(20)19-11-6-9(15(22)23-3)4-5-10(11)16;/h4-6,8,13H,7,17H2,1-3H3,(H,18,21)(H,19,20);1H/t13-;/m0./s1. The highest BCUT2D eigenvalue weighted by Gasteiger charge is 2.18. The van der Waals surface area contributed by atoms with Crippen LogP contribution >= 0.6 is 12.4 Å². The number of esters is 1. The molecule has 24 heavy (non-hydrogen) atoms. The summed E-state index contributed by atoms with van der Waals surface area (Å²) in [6, 6.07) is 2.69. The van der Waals surface area contributed by atoms with Crippen LogP contribution in [0.1, 0.15) is 24.2 Å². The van der Waals surface area contributed by atoms with Gasteiger partial charge >= 0.3 is 5.97 Å². The van der Waals surface area contributed by atoms with Crippen LogP contribution in [0.3, 0.4) is 0 Å². The van der Waals surface area contributed by atoms with Gasteiger partial charge in [0.15, 0.2) is 0 Å². The van der Waals surface area contributed by atoms with Crippen molar-refractivity contribution in [1.29, 1.82) is 0 Å². The van der Waals surface area contributed by atoms with E-state index < -0.39 is 29.6 Å². The first-order chi connectivity index (χ1) is 10.8.